The maximum absolute atomic E-state index is 12.2. The number of aliphatic carboxylic acids is 1. The first-order valence-electron chi connectivity index (χ1n) is 10.4. The number of carboxylic acids is 1. The summed E-state index contributed by atoms with van der Waals surface area (Å²) < 4.78 is 0. The highest BCUT2D eigenvalue weighted by Gasteiger charge is 2.41. The molecule has 1 aromatic heterocycles. The quantitative estimate of drug-likeness (QED) is 0.740. The van der Waals surface area contributed by atoms with Gasteiger partial charge in [0.25, 0.3) is 0 Å². The number of thioether (sulfide) groups is 1. The first-order chi connectivity index (χ1) is 14.5. The van der Waals surface area contributed by atoms with Crippen molar-refractivity contribution < 1.29 is 14.7 Å². The van der Waals surface area contributed by atoms with Crippen molar-refractivity contribution in [2.75, 3.05) is 30.3 Å². The van der Waals surface area contributed by atoms with Gasteiger partial charge in [-0.3, -0.25) is 14.6 Å². The Morgan fingerprint density at radius 3 is 2.50 bits per heavy atom. The molecule has 4 rings (SSSR count). The number of benzene rings is 1. The van der Waals surface area contributed by atoms with Crippen LogP contribution in [0, 0.1) is 5.41 Å². The van der Waals surface area contributed by atoms with E-state index < -0.39 is 11.4 Å². The van der Waals surface area contributed by atoms with E-state index in [2.05, 4.69) is 28.1 Å². The molecule has 2 aliphatic heterocycles. The first-order valence-corrected chi connectivity index (χ1v) is 11.3. The van der Waals surface area contributed by atoms with E-state index in [4.69, 9.17) is 0 Å². The molecule has 1 aromatic carbocycles. The minimum absolute atomic E-state index is 0.101. The summed E-state index contributed by atoms with van der Waals surface area (Å²) in [5.74, 6) is -0.0450. The van der Waals surface area contributed by atoms with Crippen LogP contribution < -0.4 is 4.90 Å². The minimum atomic E-state index is -0.713. The summed E-state index contributed by atoms with van der Waals surface area (Å²) in [5, 5.41) is 10.0. The van der Waals surface area contributed by atoms with Crippen LogP contribution in [0.2, 0.25) is 0 Å². The summed E-state index contributed by atoms with van der Waals surface area (Å²) in [4.78, 5) is 33.2. The number of anilines is 1. The predicted molar refractivity (Wildman–Crippen MR) is 118 cm³/mol. The van der Waals surface area contributed by atoms with E-state index in [-0.39, 0.29) is 5.91 Å². The van der Waals surface area contributed by atoms with E-state index in [9.17, 15) is 14.7 Å². The third kappa shape index (κ3) is 4.31. The van der Waals surface area contributed by atoms with Gasteiger partial charge in [-0.25, -0.2) is 0 Å². The van der Waals surface area contributed by atoms with Crippen molar-refractivity contribution in [1.82, 2.24) is 9.88 Å². The molecular formula is C23H27N3O3S. The Morgan fingerprint density at radius 1 is 1.10 bits per heavy atom. The summed E-state index contributed by atoms with van der Waals surface area (Å²) in [5.41, 5.74) is 2.85. The van der Waals surface area contributed by atoms with Crippen LogP contribution in [0.5, 0.6) is 0 Å². The number of nitrogens with zero attached hydrogens (tertiary/aromatic N) is 3. The Balaban J connectivity index is 1.42. The van der Waals surface area contributed by atoms with Gasteiger partial charge < -0.3 is 14.9 Å². The molecule has 2 aromatic rings. The van der Waals surface area contributed by atoms with Gasteiger partial charge in [-0.2, -0.15) is 0 Å². The average Bonchev–Trinajstić information content (AvgIpc) is 2.78. The van der Waals surface area contributed by atoms with E-state index in [1.54, 1.807) is 31.1 Å². The summed E-state index contributed by atoms with van der Waals surface area (Å²) in [6, 6.07) is 10.3. The van der Waals surface area contributed by atoms with E-state index in [1.165, 1.54) is 11.1 Å². The van der Waals surface area contributed by atoms with Crippen LogP contribution in [-0.2, 0) is 22.6 Å². The lowest BCUT2D eigenvalue weighted by Crippen LogP contribution is -2.46. The third-order valence-electron chi connectivity index (χ3n) is 6.35. The molecule has 0 saturated carbocycles. The van der Waals surface area contributed by atoms with E-state index in [1.807, 2.05) is 17.0 Å². The number of carbonyl (C=O) groups is 2. The van der Waals surface area contributed by atoms with Crippen molar-refractivity contribution in [2.45, 2.75) is 37.6 Å². The molecule has 2 aliphatic rings. The molecule has 3 heterocycles. The summed E-state index contributed by atoms with van der Waals surface area (Å²) in [6.07, 6.45) is 5.67. The maximum Gasteiger partial charge on any atom is 0.310 e. The van der Waals surface area contributed by atoms with Crippen LogP contribution in [0.3, 0.4) is 0 Å². The minimum Gasteiger partial charge on any atom is -0.481 e. The monoisotopic (exact) mass is 425 g/mol. The Kier molecular flexibility index (Phi) is 5.99. The molecule has 1 saturated heterocycles. The summed E-state index contributed by atoms with van der Waals surface area (Å²) in [7, 11) is 0. The van der Waals surface area contributed by atoms with E-state index in [0.717, 1.165) is 36.6 Å². The Hall–Kier alpha value is -2.54. The molecule has 7 heteroatoms. The Labute approximate surface area is 181 Å². The van der Waals surface area contributed by atoms with Gasteiger partial charge in [0.2, 0.25) is 5.91 Å². The predicted octanol–water partition coefficient (Wildman–Crippen LogP) is 3.45. The van der Waals surface area contributed by atoms with Gasteiger partial charge in [-0.15, -0.1) is 11.8 Å². The summed E-state index contributed by atoms with van der Waals surface area (Å²) >= 11 is 1.62. The Morgan fingerprint density at radius 2 is 1.83 bits per heavy atom. The second kappa shape index (κ2) is 8.68. The fourth-order valence-corrected chi connectivity index (χ4v) is 5.53. The molecule has 0 aliphatic carbocycles. The molecule has 1 N–H and O–H groups in total. The number of aromatic nitrogens is 1. The molecule has 0 spiro atoms. The molecule has 1 amide bonds. The zero-order chi connectivity index (χ0) is 21.1. The van der Waals surface area contributed by atoms with Gasteiger partial charge in [0.05, 0.1) is 5.41 Å². The zero-order valence-electron chi connectivity index (χ0n) is 17.2. The van der Waals surface area contributed by atoms with Crippen molar-refractivity contribution in [3.63, 3.8) is 0 Å². The highest BCUT2D eigenvalue weighted by atomic mass is 32.2. The van der Waals surface area contributed by atoms with Crippen molar-refractivity contribution in [2.24, 2.45) is 5.41 Å². The second-order valence-electron chi connectivity index (χ2n) is 8.19. The lowest BCUT2D eigenvalue weighted by molar-refractivity contribution is -0.148. The second-order valence-corrected chi connectivity index (χ2v) is 9.24. The average molecular weight is 426 g/mol. The van der Waals surface area contributed by atoms with Gasteiger partial charge in [0.1, 0.15) is 0 Å². The third-order valence-corrected chi connectivity index (χ3v) is 7.64. The van der Waals surface area contributed by atoms with Crippen LogP contribution in [0.25, 0.3) is 0 Å². The standard InChI is InChI=1S/C23H27N3O3S/c1-17(27)26-11-6-18-2-3-21(14-19(18)15-26)30-16-23(22(28)29)7-12-25(13-8-23)20-4-9-24-10-5-20/h2-5,9-10,14H,6-8,11-13,15-16H2,1H3,(H,28,29). The molecule has 1 fully saturated rings. The van der Waals surface area contributed by atoms with Gasteiger partial charge in [-0.05, 0) is 54.7 Å². The highest BCUT2D eigenvalue weighted by molar-refractivity contribution is 7.99. The molecule has 158 valence electrons. The smallest absolute Gasteiger partial charge is 0.310 e. The lowest BCUT2D eigenvalue weighted by Gasteiger charge is -2.39. The van der Waals surface area contributed by atoms with Gasteiger partial charge in [-0.1, -0.05) is 6.07 Å². The Bertz CT molecular complexity index is 927. The lowest BCUT2D eigenvalue weighted by atomic mass is 9.80. The maximum atomic E-state index is 12.2. The number of hydrogen-bond acceptors (Lipinski definition) is 5. The molecule has 0 atom stereocenters. The normalized spacial score (nSPS) is 18.0. The SMILES string of the molecule is CC(=O)N1CCc2ccc(SCC3(C(=O)O)CCN(c4ccncc4)CC3)cc2C1. The molecule has 0 bridgehead atoms. The van der Waals surface area contributed by atoms with E-state index in [0.29, 0.717) is 25.1 Å². The number of carbonyl (C=O) groups excluding carboxylic acids is 1. The van der Waals surface area contributed by atoms with Gasteiger partial charge in [0, 0.05) is 61.8 Å². The van der Waals surface area contributed by atoms with Crippen LogP contribution in [0.4, 0.5) is 5.69 Å². The molecule has 0 unspecified atom stereocenters. The number of pyridine rings is 1. The highest BCUT2D eigenvalue weighted by Crippen LogP contribution is 2.39. The molecule has 0 radical (unpaired) electrons. The van der Waals surface area contributed by atoms with Crippen LogP contribution in [0.15, 0.2) is 47.6 Å². The molecule has 30 heavy (non-hydrogen) atoms. The van der Waals surface area contributed by atoms with Crippen molar-refractivity contribution in [3.8, 4) is 0 Å². The number of hydrogen-bond donors (Lipinski definition) is 1. The van der Waals surface area contributed by atoms with Crippen LogP contribution >= 0.6 is 11.8 Å². The first kappa shape index (κ1) is 20.7. The van der Waals surface area contributed by atoms with Crippen molar-refractivity contribution in [3.05, 3.63) is 53.9 Å². The van der Waals surface area contributed by atoms with Crippen molar-refractivity contribution in [1.29, 1.82) is 0 Å². The number of amides is 1. The number of fused-ring (bicyclic) bond motifs is 1. The number of rotatable bonds is 5. The fourth-order valence-electron chi connectivity index (χ4n) is 4.28. The zero-order valence-corrected chi connectivity index (χ0v) is 18.0. The number of piperidine rings is 1. The fraction of sp³-hybridized carbons (Fsp3) is 0.435. The molecule has 6 nitrogen and oxygen atoms in total. The molecular weight excluding hydrogens is 398 g/mol. The topological polar surface area (TPSA) is 73.7 Å². The van der Waals surface area contributed by atoms with Gasteiger partial charge >= 0.3 is 5.97 Å². The largest absolute Gasteiger partial charge is 0.481 e. The number of carboxylic acid groups (broad SMARTS) is 1. The van der Waals surface area contributed by atoms with E-state index >= 15 is 0 Å². The van der Waals surface area contributed by atoms with Gasteiger partial charge in [0.15, 0.2) is 0 Å². The van der Waals surface area contributed by atoms with Crippen LogP contribution in [-0.4, -0.2) is 52.3 Å². The van der Waals surface area contributed by atoms with Crippen LogP contribution in [0.1, 0.15) is 30.9 Å². The van der Waals surface area contributed by atoms with Crippen molar-refractivity contribution >= 4 is 29.3 Å². The summed E-state index contributed by atoms with van der Waals surface area (Å²) in [6.45, 7) is 4.48.